The third-order valence-electron chi connectivity index (χ3n) is 4.33. The highest BCUT2D eigenvalue weighted by Gasteiger charge is 2.10. The average molecular weight is 353 g/mol. The van der Waals surface area contributed by atoms with E-state index in [0.29, 0.717) is 41.7 Å². The van der Waals surface area contributed by atoms with Crippen LogP contribution in [-0.4, -0.2) is 22.0 Å². The molecule has 0 saturated heterocycles. The Hall–Kier alpha value is -3.02. The lowest BCUT2D eigenvalue weighted by Crippen LogP contribution is -2.28. The van der Waals surface area contributed by atoms with Crippen LogP contribution in [0, 0.1) is 5.82 Å². The highest BCUT2D eigenvalue weighted by Crippen LogP contribution is 2.09. The second-order valence-electron chi connectivity index (χ2n) is 6.10. The highest BCUT2D eigenvalue weighted by molar-refractivity contribution is 5.78. The number of fused-ring (bicyclic) bond motifs is 1. The number of carbonyl (C=O) groups excluding carboxylic acids is 1. The fourth-order valence-electron chi connectivity index (χ4n) is 2.84. The van der Waals surface area contributed by atoms with Crippen LogP contribution in [0.15, 0.2) is 53.3 Å². The summed E-state index contributed by atoms with van der Waals surface area (Å²) in [5.41, 5.74) is 1.09. The molecule has 0 unspecified atom stereocenters. The fourth-order valence-corrected chi connectivity index (χ4v) is 2.84. The first kappa shape index (κ1) is 17.8. The third kappa shape index (κ3) is 3.96. The summed E-state index contributed by atoms with van der Waals surface area (Å²) in [6, 6.07) is 13.7. The van der Waals surface area contributed by atoms with E-state index in [9.17, 15) is 14.0 Å². The molecule has 2 aromatic carbocycles. The number of nitrogens with zero attached hydrogens (tertiary/aromatic N) is 2. The van der Waals surface area contributed by atoms with E-state index in [1.165, 1.54) is 10.6 Å². The minimum Gasteiger partial charge on any atom is -0.356 e. The number of hydrogen-bond acceptors (Lipinski definition) is 3. The Bertz CT molecular complexity index is 998. The lowest BCUT2D eigenvalue weighted by atomic mass is 10.1. The van der Waals surface area contributed by atoms with Crippen LogP contribution < -0.4 is 10.9 Å². The number of nitrogens with one attached hydrogen (secondary N) is 1. The van der Waals surface area contributed by atoms with Gasteiger partial charge in [0.1, 0.15) is 11.6 Å². The zero-order chi connectivity index (χ0) is 18.5. The Morgan fingerprint density at radius 1 is 1.12 bits per heavy atom. The summed E-state index contributed by atoms with van der Waals surface area (Å²) < 4.78 is 15.0. The van der Waals surface area contributed by atoms with Gasteiger partial charge < -0.3 is 5.32 Å². The normalized spacial score (nSPS) is 10.8. The zero-order valence-electron chi connectivity index (χ0n) is 14.5. The molecule has 0 aliphatic heterocycles. The first-order chi connectivity index (χ1) is 12.6. The van der Waals surface area contributed by atoms with Crippen LogP contribution in [0.4, 0.5) is 4.39 Å². The molecule has 0 radical (unpaired) electrons. The number of rotatable bonds is 6. The Morgan fingerprint density at radius 3 is 2.65 bits per heavy atom. The highest BCUT2D eigenvalue weighted by atomic mass is 19.1. The second-order valence-corrected chi connectivity index (χ2v) is 6.10. The van der Waals surface area contributed by atoms with Crippen molar-refractivity contribution in [2.24, 2.45) is 7.05 Å². The van der Waals surface area contributed by atoms with E-state index in [0.717, 1.165) is 0 Å². The molecule has 0 fully saturated rings. The summed E-state index contributed by atoms with van der Waals surface area (Å²) in [5, 5.41) is 3.34. The quantitative estimate of drug-likeness (QED) is 0.740. The summed E-state index contributed by atoms with van der Waals surface area (Å²) in [7, 11) is 1.66. The van der Waals surface area contributed by atoms with Crippen LogP contribution in [0.3, 0.4) is 0 Å². The molecule has 26 heavy (non-hydrogen) atoms. The molecular formula is C20H20FN3O2. The standard InChI is InChI=1S/C20H20FN3O2/c1-24-18(23-17-9-5-3-7-15(17)20(24)26)10-11-19(25)22-13-12-14-6-2-4-8-16(14)21/h2-9H,10-13H2,1H3,(H,22,25). The van der Waals surface area contributed by atoms with Crippen LogP contribution >= 0.6 is 0 Å². The molecule has 0 bridgehead atoms. The molecule has 0 atom stereocenters. The van der Waals surface area contributed by atoms with Crippen molar-refractivity contribution in [1.29, 1.82) is 0 Å². The van der Waals surface area contributed by atoms with Crippen LogP contribution in [0.2, 0.25) is 0 Å². The molecule has 1 amide bonds. The van der Waals surface area contributed by atoms with Crippen molar-refractivity contribution in [3.8, 4) is 0 Å². The van der Waals surface area contributed by atoms with E-state index >= 15 is 0 Å². The smallest absolute Gasteiger partial charge is 0.261 e. The van der Waals surface area contributed by atoms with Gasteiger partial charge in [-0.1, -0.05) is 30.3 Å². The second kappa shape index (κ2) is 7.91. The topological polar surface area (TPSA) is 64.0 Å². The number of halogens is 1. The van der Waals surface area contributed by atoms with Gasteiger partial charge in [0.05, 0.1) is 10.9 Å². The molecule has 3 rings (SSSR count). The molecule has 0 aliphatic carbocycles. The van der Waals surface area contributed by atoms with E-state index in [1.807, 2.05) is 6.07 Å². The van der Waals surface area contributed by atoms with E-state index in [-0.39, 0.29) is 23.7 Å². The van der Waals surface area contributed by atoms with Crippen molar-refractivity contribution in [3.63, 3.8) is 0 Å². The van der Waals surface area contributed by atoms with Gasteiger partial charge in [0.15, 0.2) is 0 Å². The zero-order valence-corrected chi connectivity index (χ0v) is 14.5. The largest absolute Gasteiger partial charge is 0.356 e. The number of hydrogen-bond donors (Lipinski definition) is 1. The summed E-state index contributed by atoms with van der Waals surface area (Å²) in [6.07, 6.45) is 1.02. The van der Waals surface area contributed by atoms with Gasteiger partial charge in [0.25, 0.3) is 5.56 Å². The first-order valence-electron chi connectivity index (χ1n) is 8.51. The predicted molar refractivity (Wildman–Crippen MR) is 98.4 cm³/mol. The van der Waals surface area contributed by atoms with Gasteiger partial charge in [-0.2, -0.15) is 0 Å². The Balaban J connectivity index is 1.58. The molecule has 0 spiro atoms. The van der Waals surface area contributed by atoms with Crippen molar-refractivity contribution in [2.75, 3.05) is 6.54 Å². The molecular weight excluding hydrogens is 333 g/mol. The van der Waals surface area contributed by atoms with Crippen molar-refractivity contribution in [1.82, 2.24) is 14.9 Å². The Morgan fingerprint density at radius 2 is 1.85 bits per heavy atom. The van der Waals surface area contributed by atoms with Gasteiger partial charge in [-0.05, 0) is 30.2 Å². The Labute approximate surface area is 150 Å². The maximum absolute atomic E-state index is 13.5. The van der Waals surface area contributed by atoms with Gasteiger partial charge in [-0.3, -0.25) is 14.2 Å². The van der Waals surface area contributed by atoms with Gasteiger partial charge in [-0.25, -0.2) is 9.37 Å². The summed E-state index contributed by atoms with van der Waals surface area (Å²) in [5.74, 6) is 0.152. The molecule has 1 N–H and O–H groups in total. The molecule has 134 valence electrons. The SMILES string of the molecule is Cn1c(CCC(=O)NCCc2ccccc2F)nc2ccccc2c1=O. The molecule has 3 aromatic rings. The maximum atomic E-state index is 13.5. The fraction of sp³-hybridized carbons (Fsp3) is 0.250. The van der Waals surface area contributed by atoms with Crippen LogP contribution in [0.1, 0.15) is 17.8 Å². The summed E-state index contributed by atoms with van der Waals surface area (Å²) in [6.45, 7) is 0.365. The number of para-hydroxylation sites is 1. The van der Waals surface area contributed by atoms with E-state index < -0.39 is 0 Å². The summed E-state index contributed by atoms with van der Waals surface area (Å²) >= 11 is 0. The molecule has 1 aromatic heterocycles. The van der Waals surface area contributed by atoms with Gasteiger partial charge >= 0.3 is 0 Å². The maximum Gasteiger partial charge on any atom is 0.261 e. The predicted octanol–water partition coefficient (Wildman–Crippen LogP) is 2.36. The van der Waals surface area contributed by atoms with Crippen molar-refractivity contribution < 1.29 is 9.18 Å². The number of benzene rings is 2. The lowest BCUT2D eigenvalue weighted by Gasteiger charge is -2.09. The molecule has 0 aliphatic rings. The van der Waals surface area contributed by atoms with E-state index in [4.69, 9.17) is 0 Å². The minimum absolute atomic E-state index is 0.120. The molecule has 0 saturated carbocycles. The molecule has 6 heteroatoms. The summed E-state index contributed by atoms with van der Waals surface area (Å²) in [4.78, 5) is 28.9. The number of carbonyl (C=O) groups is 1. The van der Waals surface area contributed by atoms with Gasteiger partial charge in [0, 0.05) is 26.4 Å². The monoisotopic (exact) mass is 353 g/mol. The van der Waals surface area contributed by atoms with Crippen molar-refractivity contribution >= 4 is 16.8 Å². The van der Waals surface area contributed by atoms with Crippen molar-refractivity contribution in [3.05, 3.63) is 76.1 Å². The number of aryl methyl sites for hydroxylation is 1. The number of aromatic nitrogens is 2. The van der Waals surface area contributed by atoms with Crippen LogP contribution in [0.25, 0.3) is 10.9 Å². The number of amides is 1. The van der Waals surface area contributed by atoms with E-state index in [1.54, 1.807) is 43.4 Å². The first-order valence-corrected chi connectivity index (χ1v) is 8.51. The molecule has 5 nitrogen and oxygen atoms in total. The van der Waals surface area contributed by atoms with Crippen LogP contribution in [-0.2, 0) is 24.7 Å². The van der Waals surface area contributed by atoms with Crippen LogP contribution in [0.5, 0.6) is 0 Å². The lowest BCUT2D eigenvalue weighted by molar-refractivity contribution is -0.121. The minimum atomic E-state index is -0.267. The average Bonchev–Trinajstić information content (AvgIpc) is 2.65. The third-order valence-corrected chi connectivity index (χ3v) is 4.33. The molecule has 1 heterocycles. The Kier molecular flexibility index (Phi) is 5.41. The van der Waals surface area contributed by atoms with E-state index in [2.05, 4.69) is 10.3 Å². The van der Waals surface area contributed by atoms with Gasteiger partial charge in [-0.15, -0.1) is 0 Å². The van der Waals surface area contributed by atoms with Gasteiger partial charge in [0.2, 0.25) is 5.91 Å². The van der Waals surface area contributed by atoms with Crippen molar-refractivity contribution in [2.45, 2.75) is 19.3 Å².